The minimum absolute atomic E-state index is 0.119. The van der Waals surface area contributed by atoms with Crippen LogP contribution in [0.2, 0.25) is 19.6 Å². The Morgan fingerprint density at radius 3 is 1.74 bits per heavy atom. The van der Waals surface area contributed by atoms with E-state index in [0.717, 1.165) is 0 Å². The van der Waals surface area contributed by atoms with E-state index in [4.69, 9.17) is 0 Å². The second kappa shape index (κ2) is 7.03. The molecule has 122 valence electrons. The molecular weight excluding hydrogens is 313 g/mol. The Morgan fingerprint density at radius 2 is 1.30 bits per heavy atom. The molecule has 23 heavy (non-hydrogen) atoms. The molecule has 0 radical (unpaired) electrons. The Kier molecular flexibility index (Phi) is 5.49. The Balaban J connectivity index is 2.62. The number of hydrogen-bond donors (Lipinski definition) is 0. The van der Waals surface area contributed by atoms with Crippen LogP contribution in [-0.2, 0) is 0 Å². The fourth-order valence-corrected chi connectivity index (χ4v) is 6.64. The lowest BCUT2D eigenvalue weighted by Gasteiger charge is -2.43. The molecule has 0 N–H and O–H groups in total. The van der Waals surface area contributed by atoms with E-state index in [0.29, 0.717) is 0 Å². The highest BCUT2D eigenvalue weighted by Gasteiger charge is 2.33. The summed E-state index contributed by atoms with van der Waals surface area (Å²) in [6.07, 6.45) is 0. The van der Waals surface area contributed by atoms with Crippen molar-refractivity contribution in [1.82, 2.24) is 0 Å². The van der Waals surface area contributed by atoms with E-state index < -0.39 is 8.24 Å². The van der Waals surface area contributed by atoms with Crippen molar-refractivity contribution in [3.63, 3.8) is 0 Å². The van der Waals surface area contributed by atoms with Crippen molar-refractivity contribution < 1.29 is 0 Å². The summed E-state index contributed by atoms with van der Waals surface area (Å²) in [5, 5.41) is 1.36. The lowest BCUT2D eigenvalue weighted by Crippen LogP contribution is -2.53. The molecule has 0 aliphatic heterocycles. The lowest BCUT2D eigenvalue weighted by atomic mass is 9.96. The maximum Gasteiger partial charge on any atom is 0.153 e. The highest BCUT2D eigenvalue weighted by Crippen LogP contribution is 2.32. The van der Waals surface area contributed by atoms with Crippen LogP contribution in [-0.4, -0.2) is 13.7 Å². The standard InChI is InChI=1S/C20H28NPSi/c1-20(2,3)19(22-18-15-11-8-12-16-18)21(23(4,5)6)17-13-9-7-10-14-17/h7-16H,1-6H3. The third kappa shape index (κ3) is 4.80. The first kappa shape index (κ1) is 18.0. The van der Waals surface area contributed by atoms with Crippen molar-refractivity contribution in [3.8, 4) is 0 Å². The van der Waals surface area contributed by atoms with Crippen LogP contribution < -0.4 is 9.87 Å². The summed E-state index contributed by atoms with van der Waals surface area (Å²) >= 11 is 0. The van der Waals surface area contributed by atoms with Gasteiger partial charge in [0.25, 0.3) is 0 Å². The summed E-state index contributed by atoms with van der Waals surface area (Å²) in [5.41, 5.74) is 2.92. The van der Waals surface area contributed by atoms with Crippen LogP contribution in [0.1, 0.15) is 20.8 Å². The minimum Gasteiger partial charge on any atom is -0.369 e. The van der Waals surface area contributed by atoms with E-state index in [1.165, 1.54) is 24.6 Å². The molecule has 0 atom stereocenters. The first-order chi connectivity index (χ1) is 10.7. The molecule has 0 unspecified atom stereocenters. The van der Waals surface area contributed by atoms with Crippen molar-refractivity contribution in [2.24, 2.45) is 5.41 Å². The number of benzene rings is 2. The number of hydrogen-bond acceptors (Lipinski definition) is 0. The molecule has 0 heterocycles. The highest BCUT2D eigenvalue weighted by atomic mass is 31.1. The molecule has 2 aromatic carbocycles. The van der Waals surface area contributed by atoms with Gasteiger partial charge in [-0.05, 0) is 20.3 Å². The van der Waals surface area contributed by atoms with Crippen LogP contribution in [0, 0.1) is 5.41 Å². The van der Waals surface area contributed by atoms with Gasteiger partial charge in [0.1, 0.15) is 0 Å². The van der Waals surface area contributed by atoms with Gasteiger partial charge in [-0.3, -0.25) is 0 Å². The van der Waals surface area contributed by atoms with Crippen molar-refractivity contribution in [1.29, 1.82) is 0 Å². The van der Waals surface area contributed by atoms with Crippen LogP contribution in [0.25, 0.3) is 0 Å². The van der Waals surface area contributed by atoms with E-state index in [-0.39, 0.29) is 5.41 Å². The van der Waals surface area contributed by atoms with Gasteiger partial charge in [-0.15, -0.1) is 0 Å². The molecule has 0 fully saturated rings. The second-order valence-corrected chi connectivity index (χ2v) is 13.8. The number of para-hydroxylation sites is 1. The molecule has 0 saturated carbocycles. The zero-order chi connectivity index (χ0) is 17.1. The topological polar surface area (TPSA) is 3.24 Å². The molecule has 0 aromatic heterocycles. The highest BCUT2D eigenvalue weighted by molar-refractivity contribution is 7.50. The van der Waals surface area contributed by atoms with Gasteiger partial charge in [-0.25, -0.2) is 0 Å². The maximum absolute atomic E-state index is 2.64. The average Bonchev–Trinajstić information content (AvgIpc) is 2.46. The van der Waals surface area contributed by atoms with Gasteiger partial charge in [-0.1, -0.05) is 88.9 Å². The normalized spacial score (nSPS) is 13.0. The molecule has 1 nitrogen and oxygen atoms in total. The predicted molar refractivity (Wildman–Crippen MR) is 110 cm³/mol. The molecule has 0 aliphatic carbocycles. The van der Waals surface area contributed by atoms with Gasteiger partial charge < -0.3 is 4.57 Å². The zero-order valence-electron chi connectivity index (χ0n) is 15.2. The lowest BCUT2D eigenvalue weighted by molar-refractivity contribution is 0.594. The van der Waals surface area contributed by atoms with Gasteiger partial charge in [0.15, 0.2) is 8.24 Å². The summed E-state index contributed by atoms with van der Waals surface area (Å²) in [6.45, 7) is 14.3. The fraction of sp³-hybridized carbons (Fsp3) is 0.350. The molecule has 0 bridgehead atoms. The second-order valence-electron chi connectivity index (χ2n) is 7.86. The average molecular weight is 342 g/mol. The molecule has 3 heteroatoms. The smallest absolute Gasteiger partial charge is 0.153 e. The monoisotopic (exact) mass is 341 g/mol. The molecule has 2 aromatic rings. The van der Waals surface area contributed by atoms with Crippen molar-refractivity contribution in [2.75, 3.05) is 4.57 Å². The van der Waals surface area contributed by atoms with Gasteiger partial charge in [0, 0.05) is 21.8 Å². The third-order valence-electron chi connectivity index (χ3n) is 3.56. The molecule has 0 aliphatic rings. The first-order valence-corrected chi connectivity index (χ1v) is 12.5. The molecule has 0 amide bonds. The van der Waals surface area contributed by atoms with Crippen molar-refractivity contribution in [3.05, 3.63) is 60.7 Å². The Labute approximate surface area is 144 Å². The molecule has 0 saturated heterocycles. The summed E-state index contributed by atoms with van der Waals surface area (Å²) in [6, 6.07) is 21.6. The predicted octanol–water partition coefficient (Wildman–Crippen LogP) is 5.78. The van der Waals surface area contributed by atoms with Crippen molar-refractivity contribution in [2.45, 2.75) is 40.4 Å². The Hall–Kier alpha value is -1.37. The van der Waals surface area contributed by atoms with Crippen LogP contribution >= 0.6 is 8.20 Å². The molecule has 2 rings (SSSR count). The van der Waals surface area contributed by atoms with E-state index in [9.17, 15) is 0 Å². The van der Waals surface area contributed by atoms with Crippen LogP contribution in [0.15, 0.2) is 60.7 Å². The summed E-state index contributed by atoms with van der Waals surface area (Å²) < 4.78 is 2.64. The third-order valence-corrected chi connectivity index (χ3v) is 7.21. The summed E-state index contributed by atoms with van der Waals surface area (Å²) in [4.78, 5) is 0. The largest absolute Gasteiger partial charge is 0.369 e. The zero-order valence-corrected chi connectivity index (χ0v) is 17.1. The van der Waals surface area contributed by atoms with Crippen LogP contribution in [0.4, 0.5) is 5.69 Å². The first-order valence-electron chi connectivity index (χ1n) is 8.19. The van der Waals surface area contributed by atoms with E-state index in [2.05, 4.69) is 106 Å². The molecular formula is C20H28NPSi. The Bertz CT molecular complexity index is 652. The fourth-order valence-electron chi connectivity index (χ4n) is 2.58. The maximum atomic E-state index is 2.64. The van der Waals surface area contributed by atoms with E-state index in [1.807, 2.05) is 0 Å². The van der Waals surface area contributed by atoms with Crippen LogP contribution in [0.5, 0.6) is 0 Å². The summed E-state index contributed by atoms with van der Waals surface area (Å²) in [5.74, 6) is 0. The summed E-state index contributed by atoms with van der Waals surface area (Å²) in [7, 11) is -0.262. The van der Waals surface area contributed by atoms with Gasteiger partial charge in [0.05, 0.1) is 0 Å². The van der Waals surface area contributed by atoms with Crippen molar-refractivity contribution >= 4 is 32.8 Å². The van der Waals surface area contributed by atoms with Gasteiger partial charge in [0.2, 0.25) is 0 Å². The van der Waals surface area contributed by atoms with Gasteiger partial charge >= 0.3 is 0 Å². The molecule has 0 spiro atoms. The number of anilines is 1. The van der Waals surface area contributed by atoms with Gasteiger partial charge in [-0.2, -0.15) is 0 Å². The van der Waals surface area contributed by atoms with E-state index >= 15 is 0 Å². The minimum atomic E-state index is -1.56. The number of nitrogens with zero attached hydrogens (tertiary/aromatic N) is 1. The van der Waals surface area contributed by atoms with E-state index in [1.54, 1.807) is 0 Å². The quantitative estimate of drug-likeness (QED) is 0.503. The van der Waals surface area contributed by atoms with Crippen LogP contribution in [0.3, 0.4) is 0 Å². The Morgan fingerprint density at radius 1 is 0.826 bits per heavy atom. The SMILES string of the molecule is CC(C)(C)C(=Pc1ccccc1)N(c1ccccc1)[Si](C)(C)C. The number of rotatable bonds is 4.